The van der Waals surface area contributed by atoms with Gasteiger partial charge in [0.2, 0.25) is 10.0 Å². The number of carbonyl (C=O) groups is 2. The second kappa shape index (κ2) is 7.58. The Morgan fingerprint density at radius 3 is 2.59 bits per heavy atom. The molecule has 0 atom stereocenters. The predicted molar refractivity (Wildman–Crippen MR) is 120 cm³/mol. The summed E-state index contributed by atoms with van der Waals surface area (Å²) in [5.74, 6) is -0.484. The fraction of sp³-hybridized carbons (Fsp3) is 0.261. The Balaban J connectivity index is 1.68. The first-order chi connectivity index (χ1) is 15.0. The molecule has 0 unspecified atom stereocenters. The molecule has 1 heterocycles. The Morgan fingerprint density at radius 1 is 1.16 bits per heavy atom. The van der Waals surface area contributed by atoms with Crippen LogP contribution in [0.3, 0.4) is 0 Å². The number of nitrogens with one attached hydrogen (secondary N) is 3. The van der Waals surface area contributed by atoms with E-state index in [4.69, 9.17) is 0 Å². The molecular weight excluding hydrogens is 428 g/mol. The van der Waals surface area contributed by atoms with Gasteiger partial charge in [-0.15, -0.1) is 0 Å². The molecule has 4 rings (SSSR count). The number of amides is 1. The first kappa shape index (κ1) is 21.7. The van der Waals surface area contributed by atoms with Gasteiger partial charge in [0.05, 0.1) is 23.5 Å². The number of rotatable bonds is 5. The average molecular weight is 451 g/mol. The van der Waals surface area contributed by atoms with Gasteiger partial charge in [0, 0.05) is 46.2 Å². The zero-order valence-corrected chi connectivity index (χ0v) is 18.7. The molecule has 0 saturated heterocycles. The number of sulfonamides is 1. The molecule has 1 aliphatic rings. The van der Waals surface area contributed by atoms with Crippen molar-refractivity contribution in [2.75, 3.05) is 19.3 Å². The molecule has 2 aromatic carbocycles. The minimum atomic E-state index is -3.32. The first-order valence-corrected chi connectivity index (χ1v) is 11.9. The molecular formula is C23H22N4O4S. The number of hydrogen-bond acceptors (Lipinski definition) is 5. The summed E-state index contributed by atoms with van der Waals surface area (Å²) in [5, 5.41) is 12.6. The maximum absolute atomic E-state index is 13.4. The van der Waals surface area contributed by atoms with Gasteiger partial charge in [-0.05, 0) is 35.9 Å². The topological polar surface area (TPSA) is 132 Å². The number of aromatic nitrogens is 1. The Bertz CT molecular complexity index is 1430. The number of H-pyrrole nitrogens is 1. The Morgan fingerprint density at radius 2 is 1.91 bits per heavy atom. The smallest absolute Gasteiger partial charge is 0.251 e. The molecule has 32 heavy (non-hydrogen) atoms. The molecule has 0 spiro atoms. The molecule has 0 radical (unpaired) electrons. The van der Waals surface area contributed by atoms with E-state index < -0.39 is 15.4 Å². The summed E-state index contributed by atoms with van der Waals surface area (Å²) in [6.07, 6.45) is 1.05. The molecule has 9 heteroatoms. The molecule has 164 valence electrons. The van der Waals surface area contributed by atoms with Gasteiger partial charge >= 0.3 is 0 Å². The van der Waals surface area contributed by atoms with Crippen molar-refractivity contribution in [2.45, 2.75) is 19.3 Å². The fourth-order valence-corrected chi connectivity index (χ4v) is 4.63. The quantitative estimate of drug-likeness (QED) is 0.513. The number of benzene rings is 2. The molecule has 0 bridgehead atoms. The van der Waals surface area contributed by atoms with Crippen LogP contribution in [0, 0.1) is 11.3 Å². The van der Waals surface area contributed by atoms with Crippen LogP contribution < -0.4 is 10.0 Å². The van der Waals surface area contributed by atoms with Gasteiger partial charge in [-0.1, -0.05) is 19.9 Å². The third-order valence-corrected chi connectivity index (χ3v) is 6.48. The SMILES string of the molecule is CC1(C)c2cc(C(=O)NCCNS(C)(=O)=O)ccc2C(=O)c2c1[nH]c1cc(C#N)ccc21. The molecule has 1 aliphatic carbocycles. The van der Waals surface area contributed by atoms with Crippen LogP contribution in [0.1, 0.15) is 56.9 Å². The van der Waals surface area contributed by atoms with Crippen molar-refractivity contribution in [3.8, 4) is 6.07 Å². The maximum atomic E-state index is 13.4. The van der Waals surface area contributed by atoms with Gasteiger partial charge in [0.1, 0.15) is 0 Å². The number of carbonyl (C=O) groups excluding carboxylic acids is 2. The van der Waals surface area contributed by atoms with Crippen LogP contribution >= 0.6 is 0 Å². The van der Waals surface area contributed by atoms with E-state index in [0.717, 1.165) is 28.4 Å². The van der Waals surface area contributed by atoms with E-state index in [1.165, 1.54) is 0 Å². The Hall–Kier alpha value is -3.48. The van der Waals surface area contributed by atoms with Crippen LogP contribution in [-0.2, 0) is 15.4 Å². The molecule has 8 nitrogen and oxygen atoms in total. The summed E-state index contributed by atoms with van der Waals surface area (Å²) in [5.41, 5.74) is 3.62. The van der Waals surface area contributed by atoms with Crippen LogP contribution in [0.25, 0.3) is 10.9 Å². The summed E-state index contributed by atoms with van der Waals surface area (Å²) >= 11 is 0. The van der Waals surface area contributed by atoms with Crippen molar-refractivity contribution < 1.29 is 18.0 Å². The van der Waals surface area contributed by atoms with Gasteiger partial charge in [-0.3, -0.25) is 9.59 Å². The second-order valence-electron chi connectivity index (χ2n) is 8.38. The number of aromatic amines is 1. The van der Waals surface area contributed by atoms with E-state index in [1.54, 1.807) is 36.4 Å². The molecule has 3 aromatic rings. The zero-order valence-electron chi connectivity index (χ0n) is 17.9. The number of nitriles is 1. The van der Waals surface area contributed by atoms with Crippen molar-refractivity contribution in [1.82, 2.24) is 15.0 Å². The predicted octanol–water partition coefficient (Wildman–Crippen LogP) is 2.19. The lowest BCUT2D eigenvalue weighted by molar-refractivity contribution is 0.0952. The van der Waals surface area contributed by atoms with E-state index in [1.807, 2.05) is 13.8 Å². The van der Waals surface area contributed by atoms with Crippen molar-refractivity contribution >= 4 is 32.6 Å². The fourth-order valence-electron chi connectivity index (χ4n) is 4.16. The molecule has 1 amide bonds. The van der Waals surface area contributed by atoms with Crippen LogP contribution in [0.4, 0.5) is 0 Å². The summed E-state index contributed by atoms with van der Waals surface area (Å²) in [4.78, 5) is 29.3. The lowest BCUT2D eigenvalue weighted by Gasteiger charge is -2.32. The Labute approximate surface area is 185 Å². The number of nitrogens with zero attached hydrogens (tertiary/aromatic N) is 1. The van der Waals surface area contributed by atoms with E-state index >= 15 is 0 Å². The van der Waals surface area contributed by atoms with Crippen LogP contribution in [0.5, 0.6) is 0 Å². The van der Waals surface area contributed by atoms with Crippen LogP contribution in [0.15, 0.2) is 36.4 Å². The normalized spacial score (nSPS) is 14.5. The highest BCUT2D eigenvalue weighted by Gasteiger charge is 2.40. The van der Waals surface area contributed by atoms with Crippen LogP contribution in [-0.4, -0.2) is 44.4 Å². The molecule has 0 aliphatic heterocycles. The molecule has 0 fully saturated rings. The minimum absolute atomic E-state index is 0.0859. The molecule has 3 N–H and O–H groups in total. The van der Waals surface area contributed by atoms with Crippen molar-refractivity contribution in [1.29, 1.82) is 5.26 Å². The first-order valence-electron chi connectivity index (χ1n) is 10.0. The third-order valence-electron chi connectivity index (χ3n) is 5.75. The van der Waals surface area contributed by atoms with Gasteiger partial charge in [0.25, 0.3) is 5.91 Å². The highest BCUT2D eigenvalue weighted by Crippen LogP contribution is 2.43. The lowest BCUT2D eigenvalue weighted by Crippen LogP contribution is -2.35. The molecule has 1 aromatic heterocycles. The monoisotopic (exact) mass is 450 g/mol. The standard InChI is InChI=1S/C23H22N4O4S/c1-23(2)17-11-14(22(29)25-8-9-26-32(3,30)31)5-7-15(17)20(28)19-16-6-4-13(12-24)10-18(16)27-21(19)23/h4-7,10-11,26-27H,8-9H2,1-3H3,(H,25,29). The van der Waals surface area contributed by atoms with E-state index in [2.05, 4.69) is 21.1 Å². The largest absolute Gasteiger partial charge is 0.357 e. The lowest BCUT2D eigenvalue weighted by atomic mass is 9.71. The average Bonchev–Trinajstić information content (AvgIpc) is 3.14. The minimum Gasteiger partial charge on any atom is -0.357 e. The highest BCUT2D eigenvalue weighted by molar-refractivity contribution is 7.88. The molecule has 0 saturated carbocycles. The van der Waals surface area contributed by atoms with Crippen molar-refractivity contribution in [2.24, 2.45) is 0 Å². The number of fused-ring (bicyclic) bond motifs is 4. The number of ketones is 1. The van der Waals surface area contributed by atoms with Gasteiger partial charge < -0.3 is 10.3 Å². The summed E-state index contributed by atoms with van der Waals surface area (Å²) in [6.45, 7) is 4.19. The second-order valence-corrected chi connectivity index (χ2v) is 10.2. The zero-order chi connectivity index (χ0) is 23.3. The summed E-state index contributed by atoms with van der Waals surface area (Å²) in [7, 11) is -3.32. The van der Waals surface area contributed by atoms with Gasteiger partial charge in [-0.25, -0.2) is 13.1 Å². The third kappa shape index (κ3) is 3.68. The highest BCUT2D eigenvalue weighted by atomic mass is 32.2. The van der Waals surface area contributed by atoms with E-state index in [-0.39, 0.29) is 24.8 Å². The summed E-state index contributed by atoms with van der Waals surface area (Å²) in [6, 6.07) is 12.3. The summed E-state index contributed by atoms with van der Waals surface area (Å²) < 4.78 is 24.6. The van der Waals surface area contributed by atoms with Crippen molar-refractivity contribution in [3.63, 3.8) is 0 Å². The van der Waals surface area contributed by atoms with E-state index in [9.17, 15) is 23.3 Å². The van der Waals surface area contributed by atoms with Crippen LogP contribution in [0.2, 0.25) is 0 Å². The van der Waals surface area contributed by atoms with Crippen molar-refractivity contribution in [3.05, 3.63) is 69.9 Å². The number of hydrogen-bond donors (Lipinski definition) is 3. The van der Waals surface area contributed by atoms with Gasteiger partial charge in [-0.2, -0.15) is 5.26 Å². The maximum Gasteiger partial charge on any atom is 0.251 e. The van der Waals surface area contributed by atoms with Gasteiger partial charge in [0.15, 0.2) is 5.78 Å². The Kier molecular flexibility index (Phi) is 5.15. The van der Waals surface area contributed by atoms with E-state index in [0.29, 0.717) is 22.3 Å².